The van der Waals surface area contributed by atoms with E-state index in [2.05, 4.69) is 31.3 Å². The molecule has 3 aromatic rings. The second kappa shape index (κ2) is 8.49. The van der Waals surface area contributed by atoms with Gasteiger partial charge in [0, 0.05) is 48.8 Å². The van der Waals surface area contributed by atoms with Crippen molar-refractivity contribution in [3.8, 4) is 0 Å². The van der Waals surface area contributed by atoms with Crippen LogP contribution in [0, 0.1) is 0 Å². The zero-order valence-electron chi connectivity index (χ0n) is 15.2. The molecule has 0 spiro atoms. The molecule has 1 atom stereocenters. The third-order valence-corrected chi connectivity index (χ3v) is 6.09. The third kappa shape index (κ3) is 4.45. The summed E-state index contributed by atoms with van der Waals surface area (Å²) in [5.41, 5.74) is 0. The molecular weight excluding hydrogens is 360 g/mol. The first kappa shape index (κ1) is 17.9. The standard InChI is InChI=1S/C19H24N6OS/c26-19(22-14-18-20-8-9-21-18)17-6-5-16(27-17)15-4-1-10-24(15)11-3-13-25-12-2-7-23-25/h2,5-9,12,15H,1,3-4,10-11,13-14H2,(H,20,21)(H,22,26)/t15-/m0/s1. The quantitative estimate of drug-likeness (QED) is 0.626. The summed E-state index contributed by atoms with van der Waals surface area (Å²) in [6.45, 7) is 3.55. The molecule has 0 radical (unpaired) electrons. The Bertz CT molecular complexity index is 842. The summed E-state index contributed by atoms with van der Waals surface area (Å²) >= 11 is 1.61. The van der Waals surface area contributed by atoms with Crippen LogP contribution in [0.4, 0.5) is 0 Å². The smallest absolute Gasteiger partial charge is 0.261 e. The highest BCUT2D eigenvalue weighted by Crippen LogP contribution is 2.35. The van der Waals surface area contributed by atoms with Crippen LogP contribution in [0.15, 0.2) is 43.0 Å². The van der Waals surface area contributed by atoms with Crippen molar-refractivity contribution in [1.82, 2.24) is 30.0 Å². The van der Waals surface area contributed by atoms with E-state index in [1.54, 1.807) is 23.7 Å². The SMILES string of the molecule is O=C(NCc1ncc[nH]1)c1ccc([C@@H]2CCCN2CCCn2cccn2)s1. The zero-order valence-corrected chi connectivity index (χ0v) is 16.0. The number of H-pyrrole nitrogens is 1. The van der Waals surface area contributed by atoms with Gasteiger partial charge < -0.3 is 10.3 Å². The average Bonchev–Trinajstić information content (AvgIpc) is 3.48. The van der Waals surface area contributed by atoms with Crippen LogP contribution < -0.4 is 5.32 Å². The van der Waals surface area contributed by atoms with Crippen LogP contribution in [0.1, 0.15) is 45.7 Å². The number of hydrogen-bond acceptors (Lipinski definition) is 5. The Balaban J connectivity index is 1.31. The Morgan fingerprint density at radius 2 is 2.30 bits per heavy atom. The summed E-state index contributed by atoms with van der Waals surface area (Å²) in [7, 11) is 0. The fourth-order valence-electron chi connectivity index (χ4n) is 3.58. The molecule has 7 nitrogen and oxygen atoms in total. The molecule has 4 rings (SSSR count). The molecule has 1 amide bonds. The fraction of sp³-hybridized carbons (Fsp3) is 0.421. The zero-order chi connectivity index (χ0) is 18.5. The van der Waals surface area contributed by atoms with E-state index in [1.807, 2.05) is 29.2 Å². The van der Waals surface area contributed by atoms with Crippen molar-refractivity contribution < 1.29 is 4.79 Å². The van der Waals surface area contributed by atoms with Crippen molar-refractivity contribution in [1.29, 1.82) is 0 Å². The molecule has 0 unspecified atom stereocenters. The number of rotatable bonds is 8. The Labute approximate surface area is 162 Å². The lowest BCUT2D eigenvalue weighted by molar-refractivity contribution is 0.0954. The minimum atomic E-state index is -0.0362. The number of nitrogens with zero attached hydrogens (tertiary/aromatic N) is 4. The summed E-state index contributed by atoms with van der Waals surface area (Å²) < 4.78 is 1.98. The highest BCUT2D eigenvalue weighted by atomic mass is 32.1. The van der Waals surface area contributed by atoms with E-state index in [1.165, 1.54) is 11.3 Å². The summed E-state index contributed by atoms with van der Waals surface area (Å²) in [5.74, 6) is 0.727. The van der Waals surface area contributed by atoms with E-state index < -0.39 is 0 Å². The number of aromatic amines is 1. The number of amides is 1. The Morgan fingerprint density at radius 3 is 3.11 bits per heavy atom. The number of likely N-dealkylation sites (tertiary alicyclic amines) is 1. The van der Waals surface area contributed by atoms with Crippen molar-refractivity contribution in [2.45, 2.75) is 38.4 Å². The van der Waals surface area contributed by atoms with E-state index in [0.29, 0.717) is 12.6 Å². The van der Waals surface area contributed by atoms with E-state index in [0.717, 1.165) is 43.2 Å². The normalized spacial score (nSPS) is 17.4. The van der Waals surface area contributed by atoms with Gasteiger partial charge in [-0.15, -0.1) is 11.3 Å². The van der Waals surface area contributed by atoms with Crippen molar-refractivity contribution >= 4 is 17.2 Å². The number of thiophene rings is 1. The van der Waals surface area contributed by atoms with Gasteiger partial charge in [0.2, 0.25) is 0 Å². The van der Waals surface area contributed by atoms with Crippen LogP contribution in [0.5, 0.6) is 0 Å². The first-order valence-electron chi connectivity index (χ1n) is 9.37. The largest absolute Gasteiger partial charge is 0.347 e. The van der Waals surface area contributed by atoms with Crippen LogP contribution in [0.2, 0.25) is 0 Å². The molecule has 0 aliphatic carbocycles. The molecule has 1 aliphatic heterocycles. The maximum absolute atomic E-state index is 12.4. The van der Waals surface area contributed by atoms with Crippen LogP contribution in [0.3, 0.4) is 0 Å². The molecule has 8 heteroatoms. The molecule has 142 valence electrons. The highest BCUT2D eigenvalue weighted by Gasteiger charge is 2.27. The fourth-order valence-corrected chi connectivity index (χ4v) is 4.68. The van der Waals surface area contributed by atoms with Gasteiger partial charge in [-0.05, 0) is 44.0 Å². The number of hydrogen-bond donors (Lipinski definition) is 2. The minimum absolute atomic E-state index is 0.0362. The summed E-state index contributed by atoms with van der Waals surface area (Å²) in [6.07, 6.45) is 10.7. The molecule has 1 saturated heterocycles. The Morgan fingerprint density at radius 1 is 1.33 bits per heavy atom. The molecule has 3 aromatic heterocycles. The topological polar surface area (TPSA) is 78.8 Å². The monoisotopic (exact) mass is 384 g/mol. The van der Waals surface area contributed by atoms with Gasteiger partial charge in [0.1, 0.15) is 5.82 Å². The number of imidazole rings is 1. The molecule has 2 N–H and O–H groups in total. The van der Waals surface area contributed by atoms with E-state index >= 15 is 0 Å². The van der Waals surface area contributed by atoms with Gasteiger partial charge >= 0.3 is 0 Å². The second-order valence-corrected chi connectivity index (χ2v) is 7.85. The average molecular weight is 385 g/mol. The van der Waals surface area contributed by atoms with Crippen molar-refractivity contribution in [3.05, 3.63) is 58.6 Å². The third-order valence-electron chi connectivity index (χ3n) is 4.91. The van der Waals surface area contributed by atoms with Crippen molar-refractivity contribution in [3.63, 3.8) is 0 Å². The maximum atomic E-state index is 12.4. The predicted octanol–water partition coefficient (Wildman–Crippen LogP) is 2.82. The molecule has 27 heavy (non-hydrogen) atoms. The summed E-state index contributed by atoms with van der Waals surface area (Å²) in [5, 5.41) is 7.19. The van der Waals surface area contributed by atoms with E-state index in [9.17, 15) is 4.79 Å². The molecule has 0 saturated carbocycles. The summed E-state index contributed by atoms with van der Waals surface area (Å²) in [6, 6.07) is 6.45. The molecule has 4 heterocycles. The number of aromatic nitrogens is 4. The van der Waals surface area contributed by atoms with Gasteiger partial charge in [-0.25, -0.2) is 4.98 Å². The van der Waals surface area contributed by atoms with Crippen molar-refractivity contribution in [2.75, 3.05) is 13.1 Å². The number of carbonyl (C=O) groups is 1. The molecule has 1 fully saturated rings. The van der Waals surface area contributed by atoms with E-state index in [4.69, 9.17) is 0 Å². The lowest BCUT2D eigenvalue weighted by Gasteiger charge is -2.23. The van der Waals surface area contributed by atoms with Crippen LogP contribution in [-0.4, -0.2) is 43.6 Å². The highest BCUT2D eigenvalue weighted by molar-refractivity contribution is 7.14. The molecule has 0 aromatic carbocycles. The molecule has 0 bridgehead atoms. The number of nitrogens with one attached hydrogen (secondary N) is 2. The van der Waals surface area contributed by atoms with Crippen molar-refractivity contribution in [2.24, 2.45) is 0 Å². The Hall–Kier alpha value is -2.45. The van der Waals surface area contributed by atoms with Crippen LogP contribution in [-0.2, 0) is 13.1 Å². The molecular formula is C19H24N6OS. The minimum Gasteiger partial charge on any atom is -0.347 e. The van der Waals surface area contributed by atoms with Crippen LogP contribution in [0.25, 0.3) is 0 Å². The van der Waals surface area contributed by atoms with Crippen LogP contribution >= 0.6 is 11.3 Å². The van der Waals surface area contributed by atoms with Gasteiger partial charge in [0.15, 0.2) is 0 Å². The predicted molar refractivity (Wildman–Crippen MR) is 104 cm³/mol. The van der Waals surface area contributed by atoms with Gasteiger partial charge in [-0.3, -0.25) is 14.4 Å². The molecule has 1 aliphatic rings. The van der Waals surface area contributed by atoms with Gasteiger partial charge in [0.25, 0.3) is 5.91 Å². The lowest BCUT2D eigenvalue weighted by Crippen LogP contribution is -2.25. The lowest BCUT2D eigenvalue weighted by atomic mass is 10.2. The van der Waals surface area contributed by atoms with Gasteiger partial charge in [-0.2, -0.15) is 5.10 Å². The number of aryl methyl sites for hydroxylation is 1. The first-order chi connectivity index (χ1) is 13.3. The second-order valence-electron chi connectivity index (χ2n) is 6.74. The number of carbonyl (C=O) groups excluding carboxylic acids is 1. The maximum Gasteiger partial charge on any atom is 0.261 e. The van der Waals surface area contributed by atoms with Gasteiger partial charge in [-0.1, -0.05) is 0 Å². The first-order valence-corrected chi connectivity index (χ1v) is 10.2. The Kier molecular flexibility index (Phi) is 5.64. The van der Waals surface area contributed by atoms with Gasteiger partial charge in [0.05, 0.1) is 11.4 Å². The van der Waals surface area contributed by atoms with E-state index in [-0.39, 0.29) is 5.91 Å². The summed E-state index contributed by atoms with van der Waals surface area (Å²) in [4.78, 5) is 24.1.